The lowest BCUT2D eigenvalue weighted by atomic mass is 9.92. The highest BCUT2D eigenvalue weighted by Gasteiger charge is 2.32. The van der Waals surface area contributed by atoms with Gasteiger partial charge < -0.3 is 14.5 Å². The van der Waals surface area contributed by atoms with E-state index in [1.807, 2.05) is 24.8 Å². The van der Waals surface area contributed by atoms with Crippen LogP contribution in [-0.2, 0) is 4.79 Å². The first-order valence-electron chi connectivity index (χ1n) is 10.2. The predicted octanol–water partition coefficient (Wildman–Crippen LogP) is 3.94. The quantitative estimate of drug-likeness (QED) is 0.809. The maximum Gasteiger partial charge on any atom is 0.303 e. The summed E-state index contributed by atoms with van der Waals surface area (Å²) < 4.78 is 5.50. The molecule has 7 heteroatoms. The van der Waals surface area contributed by atoms with E-state index in [1.54, 1.807) is 0 Å². The molecule has 7 nitrogen and oxygen atoms in total. The van der Waals surface area contributed by atoms with Crippen LogP contribution in [0.5, 0.6) is 0 Å². The van der Waals surface area contributed by atoms with Crippen LogP contribution in [0.25, 0.3) is 11.1 Å². The number of carboxylic acids is 1. The summed E-state index contributed by atoms with van der Waals surface area (Å²) in [6.07, 6.45) is 4.83. The fourth-order valence-electron chi connectivity index (χ4n) is 4.13. The molecule has 1 unspecified atom stereocenters. The lowest BCUT2D eigenvalue weighted by Crippen LogP contribution is -2.40. The summed E-state index contributed by atoms with van der Waals surface area (Å²) in [6.45, 7) is 5.37. The summed E-state index contributed by atoms with van der Waals surface area (Å²) in [4.78, 5) is 30.9. The lowest BCUT2D eigenvalue weighted by molar-refractivity contribution is -0.137. The number of likely N-dealkylation sites (tertiary alicyclic amines) is 1. The van der Waals surface area contributed by atoms with Gasteiger partial charge in [0.15, 0.2) is 0 Å². The molecule has 0 spiro atoms. The van der Waals surface area contributed by atoms with Gasteiger partial charge in [0, 0.05) is 31.1 Å². The Labute approximate surface area is 164 Å². The first-order chi connectivity index (χ1) is 13.4. The van der Waals surface area contributed by atoms with Crippen molar-refractivity contribution in [2.75, 3.05) is 13.1 Å². The molecule has 2 fully saturated rings. The van der Waals surface area contributed by atoms with Crippen molar-refractivity contribution in [2.24, 2.45) is 5.92 Å². The maximum absolute atomic E-state index is 13.5. The number of carbonyl (C=O) groups excluding carboxylic acids is 1. The average molecular weight is 385 g/mol. The first-order valence-corrected chi connectivity index (χ1v) is 10.2. The Kier molecular flexibility index (Phi) is 5.08. The molecule has 1 aliphatic heterocycles. The van der Waals surface area contributed by atoms with Crippen LogP contribution < -0.4 is 0 Å². The molecule has 2 aliphatic rings. The van der Waals surface area contributed by atoms with Crippen LogP contribution in [0, 0.1) is 5.92 Å². The number of carbonyl (C=O) groups is 2. The normalized spacial score (nSPS) is 20.1. The Morgan fingerprint density at radius 2 is 2.11 bits per heavy atom. The molecule has 2 aromatic rings. The number of pyridine rings is 1. The second kappa shape index (κ2) is 7.53. The Morgan fingerprint density at radius 3 is 2.79 bits per heavy atom. The number of rotatable bonds is 6. The second-order valence-corrected chi connectivity index (χ2v) is 8.46. The molecular formula is C21H27N3O4. The van der Waals surface area contributed by atoms with Gasteiger partial charge in [-0.25, -0.2) is 4.98 Å². The third-order valence-electron chi connectivity index (χ3n) is 5.84. The van der Waals surface area contributed by atoms with Crippen molar-refractivity contribution in [3.05, 3.63) is 23.0 Å². The minimum absolute atomic E-state index is 0.0144. The van der Waals surface area contributed by atoms with Gasteiger partial charge in [0.2, 0.25) is 0 Å². The third kappa shape index (κ3) is 3.75. The van der Waals surface area contributed by atoms with Gasteiger partial charge in [-0.3, -0.25) is 9.59 Å². The summed E-state index contributed by atoms with van der Waals surface area (Å²) in [5, 5.41) is 13.9. The van der Waals surface area contributed by atoms with Crippen molar-refractivity contribution >= 4 is 23.0 Å². The van der Waals surface area contributed by atoms with Gasteiger partial charge in [-0.05, 0) is 50.0 Å². The van der Waals surface area contributed by atoms with Crippen molar-refractivity contribution in [2.45, 2.75) is 64.2 Å². The summed E-state index contributed by atoms with van der Waals surface area (Å²) in [5.74, 6) is -0.0146. The van der Waals surface area contributed by atoms with Crippen LogP contribution in [0.2, 0.25) is 0 Å². The van der Waals surface area contributed by atoms with Gasteiger partial charge in [-0.1, -0.05) is 19.0 Å². The topological polar surface area (TPSA) is 96.5 Å². The number of hydrogen-bond acceptors (Lipinski definition) is 5. The van der Waals surface area contributed by atoms with Gasteiger partial charge in [0.05, 0.1) is 16.6 Å². The maximum atomic E-state index is 13.5. The Morgan fingerprint density at radius 1 is 1.32 bits per heavy atom. The number of amides is 1. The highest BCUT2D eigenvalue weighted by molar-refractivity contribution is 6.06. The van der Waals surface area contributed by atoms with E-state index in [2.05, 4.69) is 10.1 Å². The largest absolute Gasteiger partial charge is 0.481 e. The van der Waals surface area contributed by atoms with Crippen LogP contribution >= 0.6 is 0 Å². The molecule has 1 amide bonds. The van der Waals surface area contributed by atoms with Crippen molar-refractivity contribution in [1.82, 2.24) is 15.0 Å². The number of nitrogens with zero attached hydrogens (tertiary/aromatic N) is 3. The molecule has 1 saturated carbocycles. The van der Waals surface area contributed by atoms with E-state index in [4.69, 9.17) is 9.63 Å². The summed E-state index contributed by atoms with van der Waals surface area (Å²) in [7, 11) is 0. The van der Waals surface area contributed by atoms with Gasteiger partial charge in [0.25, 0.3) is 11.6 Å². The van der Waals surface area contributed by atoms with Gasteiger partial charge in [-0.15, -0.1) is 0 Å². The molecule has 4 rings (SSSR count). The predicted molar refractivity (Wildman–Crippen MR) is 103 cm³/mol. The van der Waals surface area contributed by atoms with E-state index in [0.717, 1.165) is 42.5 Å². The highest BCUT2D eigenvalue weighted by Crippen LogP contribution is 2.41. The zero-order chi connectivity index (χ0) is 19.8. The van der Waals surface area contributed by atoms with E-state index in [9.17, 15) is 9.59 Å². The van der Waals surface area contributed by atoms with Crippen molar-refractivity contribution < 1.29 is 19.2 Å². The molecular weight excluding hydrogens is 358 g/mol. The van der Waals surface area contributed by atoms with E-state index in [-0.39, 0.29) is 24.2 Å². The minimum Gasteiger partial charge on any atom is -0.481 e. The molecule has 1 aliphatic carbocycles. The zero-order valence-electron chi connectivity index (χ0n) is 16.5. The van der Waals surface area contributed by atoms with Gasteiger partial charge in [-0.2, -0.15) is 0 Å². The number of piperidine rings is 1. The fourth-order valence-corrected chi connectivity index (χ4v) is 4.13. The van der Waals surface area contributed by atoms with Gasteiger partial charge in [0.1, 0.15) is 0 Å². The molecule has 0 radical (unpaired) electrons. The molecule has 0 aromatic carbocycles. The molecule has 150 valence electrons. The third-order valence-corrected chi connectivity index (χ3v) is 5.84. The van der Waals surface area contributed by atoms with Crippen LogP contribution in [-0.4, -0.2) is 45.1 Å². The molecule has 28 heavy (non-hydrogen) atoms. The van der Waals surface area contributed by atoms with Crippen molar-refractivity contribution in [3.63, 3.8) is 0 Å². The SMILES string of the molecule is CC(C)c1noc2nc(C3CC3)cc(C(=O)N3CCCC(CCC(=O)O)C3)c12. The number of fused-ring (bicyclic) bond motifs is 1. The van der Waals surface area contributed by atoms with Crippen LogP contribution in [0.1, 0.15) is 86.0 Å². The Bertz CT molecular complexity index is 900. The Balaban J connectivity index is 1.65. The molecule has 1 saturated heterocycles. The summed E-state index contributed by atoms with van der Waals surface area (Å²) in [5.41, 5.74) is 2.78. The smallest absolute Gasteiger partial charge is 0.303 e. The second-order valence-electron chi connectivity index (χ2n) is 8.46. The number of hydrogen-bond donors (Lipinski definition) is 1. The highest BCUT2D eigenvalue weighted by atomic mass is 16.5. The van der Waals surface area contributed by atoms with Gasteiger partial charge >= 0.3 is 5.97 Å². The van der Waals surface area contributed by atoms with Crippen molar-refractivity contribution in [1.29, 1.82) is 0 Å². The molecule has 0 bridgehead atoms. The van der Waals surface area contributed by atoms with E-state index >= 15 is 0 Å². The average Bonchev–Trinajstić information content (AvgIpc) is 3.44. The van der Waals surface area contributed by atoms with Crippen molar-refractivity contribution in [3.8, 4) is 0 Å². The molecule has 1 N–H and O–H groups in total. The fraction of sp³-hybridized carbons (Fsp3) is 0.619. The monoisotopic (exact) mass is 385 g/mol. The Hall–Kier alpha value is -2.44. The first kappa shape index (κ1) is 18.9. The number of aliphatic carboxylic acids is 1. The number of aromatic nitrogens is 2. The van der Waals surface area contributed by atoms with E-state index in [1.165, 1.54) is 0 Å². The summed E-state index contributed by atoms with van der Waals surface area (Å²) in [6, 6.07) is 1.94. The number of carboxylic acid groups (broad SMARTS) is 1. The summed E-state index contributed by atoms with van der Waals surface area (Å²) >= 11 is 0. The molecule has 1 atom stereocenters. The van der Waals surface area contributed by atoms with Crippen LogP contribution in [0.3, 0.4) is 0 Å². The standard InChI is InChI=1S/C21H27N3O4/c1-12(2)19-18-15(10-16(14-6-7-14)22-20(18)28-23-19)21(27)24-9-3-4-13(11-24)5-8-17(25)26/h10,12-14H,3-9,11H2,1-2H3,(H,25,26). The van der Waals surface area contributed by atoms with Crippen LogP contribution in [0.15, 0.2) is 10.6 Å². The minimum atomic E-state index is -0.778. The van der Waals surface area contributed by atoms with E-state index in [0.29, 0.717) is 36.7 Å². The lowest BCUT2D eigenvalue weighted by Gasteiger charge is -2.33. The molecule has 2 aromatic heterocycles. The molecule has 3 heterocycles. The van der Waals surface area contributed by atoms with E-state index < -0.39 is 5.97 Å². The zero-order valence-corrected chi connectivity index (χ0v) is 16.5. The van der Waals surface area contributed by atoms with Crippen LogP contribution in [0.4, 0.5) is 0 Å².